The predicted octanol–water partition coefficient (Wildman–Crippen LogP) is 5.30. The van der Waals surface area contributed by atoms with E-state index in [2.05, 4.69) is 32.0 Å². The van der Waals surface area contributed by atoms with Gasteiger partial charge in [0, 0.05) is 25.0 Å². The standard InChI is InChI=1S/C17H18N6.C8H16O2.CH4/c1-5-9-19-16-11(2)6-7-14(21-16)13-8-10-23-15(13)17(18-4)20-12(3)22-23;9-6-7-10-8-4-2-1-3-5-8;/h5-10H,1H2,2-4H3,(H,18,20,22);8-9H,1-7H2;1H4/b19-9-;;. The van der Waals surface area contributed by atoms with E-state index in [-0.39, 0.29) is 14.0 Å². The summed E-state index contributed by atoms with van der Waals surface area (Å²) in [5, 5.41) is 16.0. The van der Waals surface area contributed by atoms with Crippen molar-refractivity contribution in [1.29, 1.82) is 0 Å². The van der Waals surface area contributed by atoms with Gasteiger partial charge >= 0.3 is 0 Å². The summed E-state index contributed by atoms with van der Waals surface area (Å²) in [6.07, 6.45) is 12.0. The molecule has 0 spiro atoms. The number of anilines is 1. The Morgan fingerprint density at radius 2 is 1.97 bits per heavy atom. The number of aryl methyl sites for hydroxylation is 2. The SMILES string of the molecule is C.C=C/C=N\c1nc(-c2ccn3nc(C)nc(NC)c23)ccc1C.OCCOC1CCCCC1. The molecule has 0 aliphatic heterocycles. The number of aliphatic hydroxyl groups excluding tert-OH is 1. The number of aromatic nitrogens is 4. The van der Waals surface area contributed by atoms with Crippen molar-refractivity contribution in [2.75, 3.05) is 25.6 Å². The van der Waals surface area contributed by atoms with Crippen molar-refractivity contribution in [1.82, 2.24) is 19.6 Å². The summed E-state index contributed by atoms with van der Waals surface area (Å²) < 4.78 is 7.20. The summed E-state index contributed by atoms with van der Waals surface area (Å²) in [6, 6.07) is 5.98. The van der Waals surface area contributed by atoms with Gasteiger partial charge in [-0.2, -0.15) is 5.10 Å². The zero-order valence-corrected chi connectivity index (χ0v) is 19.8. The second kappa shape index (κ2) is 13.6. The molecule has 0 saturated heterocycles. The Hall–Kier alpha value is -3.10. The Bertz CT molecular complexity index is 1090. The van der Waals surface area contributed by atoms with E-state index in [1.807, 2.05) is 49.8 Å². The Morgan fingerprint density at radius 3 is 2.65 bits per heavy atom. The van der Waals surface area contributed by atoms with E-state index in [1.165, 1.54) is 32.1 Å². The number of fused-ring (bicyclic) bond motifs is 1. The second-order valence-corrected chi connectivity index (χ2v) is 7.99. The van der Waals surface area contributed by atoms with Crippen LogP contribution in [0.1, 0.15) is 50.9 Å². The molecule has 8 nitrogen and oxygen atoms in total. The third-order valence-corrected chi connectivity index (χ3v) is 5.50. The maximum Gasteiger partial charge on any atom is 0.155 e. The average Bonchev–Trinajstić information content (AvgIpc) is 3.26. The van der Waals surface area contributed by atoms with Crippen LogP contribution in [0.5, 0.6) is 0 Å². The minimum absolute atomic E-state index is 0. The van der Waals surface area contributed by atoms with Crippen molar-refractivity contribution < 1.29 is 9.84 Å². The van der Waals surface area contributed by atoms with Crippen molar-refractivity contribution in [3.05, 3.63) is 48.4 Å². The Balaban J connectivity index is 0.000000314. The van der Waals surface area contributed by atoms with Gasteiger partial charge in [0.2, 0.25) is 0 Å². The van der Waals surface area contributed by atoms with E-state index in [9.17, 15) is 0 Å². The molecule has 0 aromatic carbocycles. The van der Waals surface area contributed by atoms with Crippen LogP contribution in [0.15, 0.2) is 42.0 Å². The lowest BCUT2D eigenvalue weighted by molar-refractivity contribution is 0.00882. The van der Waals surface area contributed by atoms with Crippen LogP contribution in [0.3, 0.4) is 0 Å². The molecule has 184 valence electrons. The number of nitrogens with zero attached hydrogens (tertiary/aromatic N) is 5. The van der Waals surface area contributed by atoms with E-state index >= 15 is 0 Å². The van der Waals surface area contributed by atoms with Crippen LogP contribution in [0, 0.1) is 13.8 Å². The third kappa shape index (κ3) is 6.95. The van der Waals surface area contributed by atoms with Gasteiger partial charge in [-0.1, -0.05) is 45.4 Å². The summed E-state index contributed by atoms with van der Waals surface area (Å²) in [4.78, 5) is 13.4. The fourth-order valence-electron chi connectivity index (χ4n) is 3.89. The number of nitrogens with one attached hydrogen (secondary N) is 1. The van der Waals surface area contributed by atoms with Crippen molar-refractivity contribution in [3.63, 3.8) is 0 Å². The lowest BCUT2D eigenvalue weighted by atomic mass is 9.98. The highest BCUT2D eigenvalue weighted by molar-refractivity contribution is 5.87. The molecule has 3 aromatic heterocycles. The summed E-state index contributed by atoms with van der Waals surface area (Å²) in [5.41, 5.74) is 3.70. The molecule has 3 aromatic rings. The molecule has 34 heavy (non-hydrogen) atoms. The number of hydrogen-bond donors (Lipinski definition) is 2. The van der Waals surface area contributed by atoms with Gasteiger partial charge in [0.15, 0.2) is 11.6 Å². The van der Waals surface area contributed by atoms with Gasteiger partial charge in [-0.15, -0.1) is 0 Å². The average molecular weight is 467 g/mol. The quantitative estimate of drug-likeness (QED) is 0.459. The van der Waals surface area contributed by atoms with Gasteiger partial charge < -0.3 is 15.2 Å². The minimum atomic E-state index is 0. The van der Waals surface area contributed by atoms with E-state index in [0.717, 1.165) is 28.2 Å². The van der Waals surface area contributed by atoms with E-state index in [0.29, 0.717) is 24.4 Å². The number of pyridine rings is 1. The lowest BCUT2D eigenvalue weighted by Gasteiger charge is -2.21. The van der Waals surface area contributed by atoms with E-state index in [1.54, 1.807) is 12.3 Å². The first-order chi connectivity index (χ1) is 16.1. The monoisotopic (exact) mass is 466 g/mol. The van der Waals surface area contributed by atoms with Gasteiger partial charge in [-0.25, -0.2) is 19.5 Å². The van der Waals surface area contributed by atoms with Crippen molar-refractivity contribution in [3.8, 4) is 11.3 Å². The predicted molar refractivity (Wildman–Crippen MR) is 140 cm³/mol. The van der Waals surface area contributed by atoms with Crippen LogP contribution in [0.4, 0.5) is 11.6 Å². The van der Waals surface area contributed by atoms with Crippen molar-refractivity contribution in [2.24, 2.45) is 4.99 Å². The molecule has 3 heterocycles. The number of ether oxygens (including phenoxy) is 1. The van der Waals surface area contributed by atoms with Crippen LogP contribution < -0.4 is 5.32 Å². The molecule has 1 fully saturated rings. The highest BCUT2D eigenvalue weighted by atomic mass is 16.5. The molecule has 1 saturated carbocycles. The fraction of sp³-hybridized carbons (Fsp3) is 0.462. The molecule has 0 radical (unpaired) electrons. The fourth-order valence-corrected chi connectivity index (χ4v) is 3.89. The molecule has 1 aliphatic rings. The molecule has 2 N–H and O–H groups in total. The first kappa shape index (κ1) is 27.1. The van der Waals surface area contributed by atoms with Crippen molar-refractivity contribution in [2.45, 2.75) is 59.5 Å². The number of hydrogen-bond acceptors (Lipinski definition) is 7. The summed E-state index contributed by atoms with van der Waals surface area (Å²) >= 11 is 0. The molecule has 0 unspecified atom stereocenters. The van der Waals surface area contributed by atoms with Crippen LogP contribution in [0.2, 0.25) is 0 Å². The maximum absolute atomic E-state index is 8.47. The topological polar surface area (TPSA) is 96.9 Å². The summed E-state index contributed by atoms with van der Waals surface area (Å²) in [7, 11) is 1.85. The molecule has 0 atom stereocenters. The van der Waals surface area contributed by atoms with Gasteiger partial charge in [0.25, 0.3) is 0 Å². The van der Waals surface area contributed by atoms with Gasteiger partial charge in [0.1, 0.15) is 11.3 Å². The highest BCUT2D eigenvalue weighted by Gasteiger charge is 2.14. The largest absolute Gasteiger partial charge is 0.394 e. The molecular weight excluding hydrogens is 428 g/mol. The van der Waals surface area contributed by atoms with Crippen molar-refractivity contribution >= 4 is 23.4 Å². The van der Waals surface area contributed by atoms with E-state index < -0.39 is 0 Å². The number of rotatable bonds is 7. The minimum Gasteiger partial charge on any atom is -0.394 e. The second-order valence-electron chi connectivity index (χ2n) is 7.99. The van der Waals surface area contributed by atoms with E-state index in [4.69, 9.17) is 9.84 Å². The summed E-state index contributed by atoms with van der Waals surface area (Å²) in [6.45, 7) is 8.18. The Kier molecular flexibility index (Phi) is 10.8. The number of aliphatic hydroxyl groups is 1. The normalized spacial score (nSPS) is 13.9. The van der Waals surface area contributed by atoms with Crippen LogP contribution in [0.25, 0.3) is 16.8 Å². The smallest absolute Gasteiger partial charge is 0.155 e. The zero-order chi connectivity index (χ0) is 23.6. The maximum atomic E-state index is 8.47. The summed E-state index contributed by atoms with van der Waals surface area (Å²) in [5.74, 6) is 2.16. The van der Waals surface area contributed by atoms with Crippen LogP contribution >= 0.6 is 0 Å². The lowest BCUT2D eigenvalue weighted by Crippen LogP contribution is -2.18. The van der Waals surface area contributed by atoms with Crippen LogP contribution in [-0.4, -0.2) is 57.3 Å². The molecule has 0 amide bonds. The molecule has 4 rings (SSSR count). The molecule has 8 heteroatoms. The van der Waals surface area contributed by atoms with Gasteiger partial charge in [-0.3, -0.25) is 0 Å². The first-order valence-corrected chi connectivity index (χ1v) is 11.5. The van der Waals surface area contributed by atoms with Gasteiger partial charge in [-0.05, 0) is 44.4 Å². The highest BCUT2D eigenvalue weighted by Crippen LogP contribution is 2.30. The van der Waals surface area contributed by atoms with Gasteiger partial charge in [0.05, 0.1) is 25.0 Å². The van der Waals surface area contributed by atoms with Crippen LogP contribution in [-0.2, 0) is 4.74 Å². The zero-order valence-electron chi connectivity index (χ0n) is 19.8. The number of aliphatic imine (C=N–C) groups is 1. The first-order valence-electron chi connectivity index (χ1n) is 11.5. The third-order valence-electron chi connectivity index (χ3n) is 5.50. The molecule has 0 bridgehead atoms. The number of allylic oxidation sites excluding steroid dienone is 1. The Morgan fingerprint density at radius 1 is 1.21 bits per heavy atom. The molecular formula is C26H38N6O2. The Labute approximate surface area is 202 Å². The molecule has 1 aliphatic carbocycles.